The van der Waals surface area contributed by atoms with Crippen LogP contribution in [0.5, 0.6) is 0 Å². The number of amides is 1. The summed E-state index contributed by atoms with van der Waals surface area (Å²) in [5.74, 6) is 0.899. The van der Waals surface area contributed by atoms with Crippen molar-refractivity contribution in [3.8, 4) is 0 Å². The normalized spacial score (nSPS) is 12.4. The molecule has 0 radical (unpaired) electrons. The van der Waals surface area contributed by atoms with Crippen LogP contribution in [0.25, 0.3) is 0 Å². The van der Waals surface area contributed by atoms with Gasteiger partial charge in [0.15, 0.2) is 5.13 Å². The average molecular weight is 293 g/mol. The maximum Gasteiger partial charge on any atom is 0.276 e. The largest absolute Gasteiger partial charge is 0.365 e. The van der Waals surface area contributed by atoms with Crippen LogP contribution in [0.15, 0.2) is 17.6 Å². The molecule has 0 bridgehead atoms. The molecule has 0 saturated heterocycles. The molecule has 1 unspecified atom stereocenters. The van der Waals surface area contributed by atoms with Crippen LogP contribution >= 0.6 is 11.3 Å². The molecule has 2 aromatic rings. The minimum absolute atomic E-state index is 0.212. The van der Waals surface area contributed by atoms with E-state index in [0.29, 0.717) is 17.4 Å². The van der Waals surface area contributed by atoms with Crippen LogP contribution < -0.4 is 10.6 Å². The van der Waals surface area contributed by atoms with Crippen molar-refractivity contribution >= 4 is 28.2 Å². The Kier molecular flexibility index (Phi) is 4.39. The van der Waals surface area contributed by atoms with E-state index in [-0.39, 0.29) is 11.9 Å². The monoisotopic (exact) mass is 293 g/mol. The van der Waals surface area contributed by atoms with E-state index in [1.807, 2.05) is 4.68 Å². The van der Waals surface area contributed by atoms with Gasteiger partial charge in [0, 0.05) is 18.5 Å². The third-order valence-corrected chi connectivity index (χ3v) is 4.07. The summed E-state index contributed by atoms with van der Waals surface area (Å²) in [5.41, 5.74) is 0.407. The molecule has 2 aromatic heterocycles. The minimum atomic E-state index is -0.222. The Balaban J connectivity index is 2.14. The SMILES string of the molecule is CNc1nc(C(=O)Nc2ccnn2C(C)C(C)C)cs1. The van der Waals surface area contributed by atoms with E-state index in [0.717, 1.165) is 5.13 Å². The second kappa shape index (κ2) is 6.04. The van der Waals surface area contributed by atoms with E-state index in [9.17, 15) is 4.79 Å². The van der Waals surface area contributed by atoms with Crippen molar-refractivity contribution in [2.75, 3.05) is 17.7 Å². The number of anilines is 2. The zero-order valence-corrected chi connectivity index (χ0v) is 12.9. The Morgan fingerprint density at radius 3 is 2.75 bits per heavy atom. The van der Waals surface area contributed by atoms with Crippen LogP contribution in [-0.2, 0) is 0 Å². The lowest BCUT2D eigenvalue weighted by Crippen LogP contribution is -2.20. The van der Waals surface area contributed by atoms with Crippen molar-refractivity contribution < 1.29 is 4.79 Å². The third-order valence-electron chi connectivity index (χ3n) is 3.21. The van der Waals surface area contributed by atoms with Gasteiger partial charge in [-0.25, -0.2) is 9.67 Å². The van der Waals surface area contributed by atoms with Gasteiger partial charge in [0.05, 0.1) is 12.2 Å². The summed E-state index contributed by atoms with van der Waals surface area (Å²) < 4.78 is 1.83. The van der Waals surface area contributed by atoms with Gasteiger partial charge in [0.1, 0.15) is 11.5 Å². The Bertz CT molecular complexity index is 589. The molecule has 2 rings (SSSR count). The second-order valence-electron chi connectivity index (χ2n) is 4.89. The fraction of sp³-hybridized carbons (Fsp3) is 0.462. The van der Waals surface area contributed by atoms with E-state index in [1.54, 1.807) is 24.7 Å². The molecule has 2 heterocycles. The van der Waals surface area contributed by atoms with E-state index >= 15 is 0 Å². The van der Waals surface area contributed by atoms with Gasteiger partial charge < -0.3 is 10.6 Å². The second-order valence-corrected chi connectivity index (χ2v) is 5.75. The fourth-order valence-electron chi connectivity index (χ4n) is 1.69. The fourth-order valence-corrected chi connectivity index (χ4v) is 2.35. The lowest BCUT2D eigenvalue weighted by atomic mass is 10.1. The van der Waals surface area contributed by atoms with Gasteiger partial charge in [0.2, 0.25) is 0 Å². The number of carbonyl (C=O) groups excluding carboxylic acids is 1. The molecule has 1 amide bonds. The summed E-state index contributed by atoms with van der Waals surface area (Å²) in [6.45, 7) is 6.32. The number of thiazole rings is 1. The Labute approximate surface area is 122 Å². The quantitative estimate of drug-likeness (QED) is 0.889. The topological polar surface area (TPSA) is 71.8 Å². The van der Waals surface area contributed by atoms with Crippen molar-refractivity contribution in [3.63, 3.8) is 0 Å². The smallest absolute Gasteiger partial charge is 0.276 e. The first-order valence-electron chi connectivity index (χ1n) is 6.51. The first kappa shape index (κ1) is 14.5. The van der Waals surface area contributed by atoms with Crippen LogP contribution in [0.4, 0.5) is 10.9 Å². The predicted octanol–water partition coefficient (Wildman–Crippen LogP) is 2.85. The number of rotatable bonds is 5. The van der Waals surface area contributed by atoms with Gasteiger partial charge >= 0.3 is 0 Å². The summed E-state index contributed by atoms with van der Waals surface area (Å²) in [6, 6.07) is 2.01. The molecule has 0 spiro atoms. The molecule has 2 N–H and O–H groups in total. The summed E-state index contributed by atoms with van der Waals surface area (Å²) in [6.07, 6.45) is 1.69. The number of hydrogen-bond acceptors (Lipinski definition) is 5. The average Bonchev–Trinajstić information content (AvgIpc) is 3.06. The Hall–Kier alpha value is -1.89. The third kappa shape index (κ3) is 2.98. The summed E-state index contributed by atoms with van der Waals surface area (Å²) in [7, 11) is 1.78. The highest BCUT2D eigenvalue weighted by Crippen LogP contribution is 2.22. The van der Waals surface area contributed by atoms with E-state index in [1.165, 1.54) is 11.3 Å². The van der Waals surface area contributed by atoms with E-state index < -0.39 is 0 Å². The van der Waals surface area contributed by atoms with Crippen LogP contribution in [0.3, 0.4) is 0 Å². The lowest BCUT2D eigenvalue weighted by molar-refractivity contribution is 0.102. The van der Waals surface area contributed by atoms with Gasteiger partial charge in [-0.3, -0.25) is 4.79 Å². The minimum Gasteiger partial charge on any atom is -0.365 e. The van der Waals surface area contributed by atoms with Gasteiger partial charge in [-0.05, 0) is 12.8 Å². The van der Waals surface area contributed by atoms with Crippen LogP contribution in [-0.4, -0.2) is 27.7 Å². The van der Waals surface area contributed by atoms with Gasteiger partial charge in [-0.1, -0.05) is 13.8 Å². The van der Waals surface area contributed by atoms with Crippen LogP contribution in [0.2, 0.25) is 0 Å². The van der Waals surface area contributed by atoms with Crippen molar-refractivity contribution in [1.82, 2.24) is 14.8 Å². The van der Waals surface area contributed by atoms with Gasteiger partial charge in [0.25, 0.3) is 5.91 Å². The maximum absolute atomic E-state index is 12.2. The number of nitrogens with zero attached hydrogens (tertiary/aromatic N) is 3. The molecule has 0 aliphatic rings. The highest BCUT2D eigenvalue weighted by atomic mass is 32.1. The van der Waals surface area contributed by atoms with Crippen LogP contribution in [0.1, 0.15) is 37.3 Å². The van der Waals surface area contributed by atoms with Crippen molar-refractivity contribution in [3.05, 3.63) is 23.3 Å². The Morgan fingerprint density at radius 1 is 1.40 bits per heavy atom. The first-order chi connectivity index (χ1) is 9.52. The molecule has 6 nitrogen and oxygen atoms in total. The zero-order valence-electron chi connectivity index (χ0n) is 12.0. The first-order valence-corrected chi connectivity index (χ1v) is 7.39. The van der Waals surface area contributed by atoms with E-state index in [4.69, 9.17) is 0 Å². The molecule has 0 aliphatic carbocycles. The molecule has 108 valence electrons. The Morgan fingerprint density at radius 2 is 2.15 bits per heavy atom. The molecule has 20 heavy (non-hydrogen) atoms. The summed E-state index contributed by atoms with van der Waals surface area (Å²) in [5, 5.41) is 12.5. The number of carbonyl (C=O) groups is 1. The van der Waals surface area contributed by atoms with Crippen molar-refractivity contribution in [2.24, 2.45) is 5.92 Å². The number of aromatic nitrogens is 3. The van der Waals surface area contributed by atoms with Crippen LogP contribution in [0, 0.1) is 5.92 Å². The zero-order chi connectivity index (χ0) is 14.7. The standard InChI is InChI=1S/C13H19N5OS/c1-8(2)9(3)18-11(5-6-15-18)17-12(19)10-7-20-13(14-4)16-10/h5-9H,1-4H3,(H,14,16)(H,17,19). The molecule has 7 heteroatoms. The molecule has 0 aliphatic heterocycles. The lowest BCUT2D eigenvalue weighted by Gasteiger charge is -2.19. The predicted molar refractivity (Wildman–Crippen MR) is 81.4 cm³/mol. The highest BCUT2D eigenvalue weighted by Gasteiger charge is 2.17. The molecular weight excluding hydrogens is 274 g/mol. The van der Waals surface area contributed by atoms with E-state index in [2.05, 4.69) is 41.5 Å². The number of hydrogen-bond donors (Lipinski definition) is 2. The van der Waals surface area contributed by atoms with Gasteiger partial charge in [-0.15, -0.1) is 11.3 Å². The molecular formula is C13H19N5OS. The summed E-state index contributed by atoms with van der Waals surface area (Å²) in [4.78, 5) is 16.3. The highest BCUT2D eigenvalue weighted by molar-refractivity contribution is 7.13. The van der Waals surface area contributed by atoms with Crippen molar-refractivity contribution in [1.29, 1.82) is 0 Å². The number of nitrogens with one attached hydrogen (secondary N) is 2. The summed E-state index contributed by atoms with van der Waals surface area (Å²) >= 11 is 1.40. The van der Waals surface area contributed by atoms with Gasteiger partial charge in [-0.2, -0.15) is 5.10 Å². The molecule has 0 fully saturated rings. The maximum atomic E-state index is 12.2. The molecule has 0 saturated carbocycles. The van der Waals surface area contributed by atoms with Crippen molar-refractivity contribution in [2.45, 2.75) is 26.8 Å². The molecule has 1 atom stereocenters. The molecule has 0 aromatic carbocycles.